The Balaban J connectivity index is 1.63. The van der Waals surface area contributed by atoms with E-state index in [4.69, 9.17) is 28.3 Å². The number of thiazole rings is 1. The molecule has 5 rings (SSSR count). The zero-order chi connectivity index (χ0) is 30.0. The van der Waals surface area contributed by atoms with Gasteiger partial charge in [-0.25, -0.2) is 32.2 Å². The molecule has 3 heterocycles. The highest BCUT2D eigenvalue weighted by molar-refractivity contribution is 7.93. The topological polar surface area (TPSA) is 130 Å². The number of aryl methyl sites for hydroxylation is 1. The maximum Gasteiger partial charge on any atom is 0.264 e. The van der Waals surface area contributed by atoms with Crippen LogP contribution in [-0.2, 0) is 10.0 Å². The third kappa shape index (κ3) is 6.05. The first-order valence-electron chi connectivity index (χ1n) is 12.2. The van der Waals surface area contributed by atoms with Crippen LogP contribution in [0.25, 0.3) is 32.5 Å². The molecule has 2 aromatic carbocycles. The Kier molecular flexibility index (Phi) is 8.66. The number of hydrogen-bond acceptors (Lipinski definition) is 9. The number of anilines is 2. The summed E-state index contributed by atoms with van der Waals surface area (Å²) in [5.74, 6) is -1.24. The number of aliphatic hydroxyl groups excluding tert-OH is 1. The van der Waals surface area contributed by atoms with Crippen LogP contribution in [0, 0.1) is 18.6 Å². The van der Waals surface area contributed by atoms with Crippen LogP contribution in [0.1, 0.15) is 5.56 Å². The van der Waals surface area contributed by atoms with E-state index in [9.17, 15) is 12.8 Å². The van der Waals surface area contributed by atoms with Gasteiger partial charge in [0.25, 0.3) is 10.0 Å². The predicted octanol–water partition coefficient (Wildman–Crippen LogP) is 6.43. The van der Waals surface area contributed by atoms with E-state index in [0.29, 0.717) is 26.8 Å². The maximum absolute atomic E-state index is 16.1. The summed E-state index contributed by atoms with van der Waals surface area (Å²) >= 11 is 13.5. The van der Waals surface area contributed by atoms with Crippen LogP contribution in [-0.4, -0.2) is 46.6 Å². The SMILES string of the molecule is Cc1ccc(Cl)c(S(=O)(=O)Nc2cccc(-c3nc(-c4ccc(F)cn4)sc3-c3ccnc(NCCO)n3)c2F)c1Cl. The summed E-state index contributed by atoms with van der Waals surface area (Å²) in [5.41, 5.74) is 0.910. The van der Waals surface area contributed by atoms with E-state index in [1.807, 2.05) is 0 Å². The summed E-state index contributed by atoms with van der Waals surface area (Å²) in [6.07, 6.45) is 2.52. The fourth-order valence-corrected chi connectivity index (χ4v) is 7.17. The molecule has 0 saturated heterocycles. The van der Waals surface area contributed by atoms with Gasteiger partial charge in [0.05, 0.1) is 50.5 Å². The molecule has 0 radical (unpaired) electrons. The highest BCUT2D eigenvalue weighted by atomic mass is 35.5. The second-order valence-corrected chi connectivity index (χ2v) is 12.2. The van der Waals surface area contributed by atoms with Crippen molar-refractivity contribution in [3.05, 3.63) is 88.2 Å². The quantitative estimate of drug-likeness (QED) is 0.167. The minimum absolute atomic E-state index is 0.0419. The molecule has 0 saturated carbocycles. The smallest absolute Gasteiger partial charge is 0.264 e. The molecule has 15 heteroatoms. The number of pyridine rings is 1. The second-order valence-electron chi connectivity index (χ2n) is 8.75. The van der Waals surface area contributed by atoms with Crippen LogP contribution in [0.4, 0.5) is 20.4 Å². The normalized spacial score (nSPS) is 11.5. The zero-order valence-corrected chi connectivity index (χ0v) is 24.7. The Morgan fingerprint density at radius 2 is 1.81 bits per heavy atom. The Hall–Kier alpha value is -3.75. The lowest BCUT2D eigenvalue weighted by molar-refractivity contribution is 0.311. The summed E-state index contributed by atoms with van der Waals surface area (Å²) in [7, 11) is -4.40. The fraction of sp³-hybridized carbons (Fsp3) is 0.111. The van der Waals surface area contributed by atoms with Crippen molar-refractivity contribution in [2.75, 3.05) is 23.2 Å². The van der Waals surface area contributed by atoms with Gasteiger partial charge in [-0.2, -0.15) is 0 Å². The first kappa shape index (κ1) is 29.7. The van der Waals surface area contributed by atoms with Gasteiger partial charge >= 0.3 is 0 Å². The van der Waals surface area contributed by atoms with Crippen molar-refractivity contribution in [2.24, 2.45) is 0 Å². The van der Waals surface area contributed by atoms with Gasteiger partial charge in [-0.15, -0.1) is 11.3 Å². The van der Waals surface area contributed by atoms with Crippen LogP contribution < -0.4 is 10.0 Å². The van der Waals surface area contributed by atoms with Gasteiger partial charge in [0.1, 0.15) is 15.7 Å². The molecule has 9 nitrogen and oxygen atoms in total. The highest BCUT2D eigenvalue weighted by Crippen LogP contribution is 2.42. The number of hydrogen-bond donors (Lipinski definition) is 3. The number of aliphatic hydroxyl groups is 1. The molecule has 0 aliphatic rings. The molecule has 216 valence electrons. The van der Waals surface area contributed by atoms with Crippen LogP contribution in [0.15, 0.2) is 65.8 Å². The highest BCUT2D eigenvalue weighted by Gasteiger charge is 2.27. The lowest BCUT2D eigenvalue weighted by Gasteiger charge is -2.14. The predicted molar refractivity (Wildman–Crippen MR) is 159 cm³/mol. The number of nitrogens with zero attached hydrogens (tertiary/aromatic N) is 4. The number of benzene rings is 2. The number of aromatic nitrogens is 4. The van der Waals surface area contributed by atoms with Gasteiger partial charge < -0.3 is 10.4 Å². The van der Waals surface area contributed by atoms with Crippen LogP contribution in [0.2, 0.25) is 10.0 Å². The molecule has 0 fully saturated rings. The van der Waals surface area contributed by atoms with Crippen LogP contribution >= 0.6 is 34.5 Å². The summed E-state index contributed by atoms with van der Waals surface area (Å²) < 4.78 is 58.5. The first-order valence-corrected chi connectivity index (χ1v) is 15.2. The molecule has 0 aliphatic carbocycles. The number of rotatable bonds is 9. The molecular weight excluding hydrogens is 629 g/mol. The molecule has 0 unspecified atom stereocenters. The van der Waals surface area contributed by atoms with E-state index in [0.717, 1.165) is 17.5 Å². The lowest BCUT2D eigenvalue weighted by Crippen LogP contribution is -2.15. The Bertz CT molecular complexity index is 1890. The van der Waals surface area contributed by atoms with Gasteiger partial charge in [-0.3, -0.25) is 9.71 Å². The molecule has 3 N–H and O–H groups in total. The summed E-state index contributed by atoms with van der Waals surface area (Å²) in [6, 6.07) is 11.4. The van der Waals surface area contributed by atoms with Gasteiger partial charge in [0.15, 0.2) is 5.82 Å². The average molecular weight is 650 g/mol. The van der Waals surface area contributed by atoms with E-state index in [-0.39, 0.29) is 51.0 Å². The Morgan fingerprint density at radius 1 is 1.00 bits per heavy atom. The van der Waals surface area contributed by atoms with Gasteiger partial charge in [0, 0.05) is 18.3 Å². The standard InChI is InChI=1S/C27H20Cl2F2N6O3S2/c1-14-5-7-17(28)25(21(14)29)42(39,40)37-18-4-2-3-16(22(18)31)23-24(19-9-10-32-27(35-19)33-11-12-38)41-26(36-23)20-8-6-15(30)13-34-20/h2-10,13,37-38H,11-12H2,1H3,(H,32,33,35). The van der Waals surface area contributed by atoms with E-state index in [1.54, 1.807) is 19.1 Å². The minimum atomic E-state index is -4.40. The summed E-state index contributed by atoms with van der Waals surface area (Å²) in [5, 5.41) is 12.1. The number of halogens is 4. The van der Waals surface area contributed by atoms with Gasteiger partial charge in [-0.05, 0) is 48.9 Å². The lowest BCUT2D eigenvalue weighted by atomic mass is 10.1. The molecular formula is C27H20Cl2F2N6O3S2. The van der Waals surface area contributed by atoms with Crippen molar-refractivity contribution < 1.29 is 22.3 Å². The molecule has 0 atom stereocenters. The van der Waals surface area contributed by atoms with E-state index in [1.165, 1.54) is 42.6 Å². The third-order valence-corrected chi connectivity index (χ3v) is 9.44. The van der Waals surface area contributed by atoms with E-state index in [2.05, 4.69) is 30.0 Å². The van der Waals surface area contributed by atoms with E-state index >= 15 is 4.39 Å². The first-order chi connectivity index (χ1) is 20.1. The third-order valence-electron chi connectivity index (χ3n) is 5.87. The molecule has 3 aromatic heterocycles. The molecule has 0 bridgehead atoms. The molecule has 5 aromatic rings. The fourth-order valence-electron chi connectivity index (χ4n) is 3.89. The Labute approximate surface area is 253 Å². The van der Waals surface area contributed by atoms with Crippen molar-refractivity contribution in [1.29, 1.82) is 0 Å². The molecule has 0 spiro atoms. The van der Waals surface area contributed by atoms with Crippen molar-refractivity contribution in [2.45, 2.75) is 11.8 Å². The van der Waals surface area contributed by atoms with Crippen molar-refractivity contribution in [1.82, 2.24) is 19.9 Å². The van der Waals surface area contributed by atoms with E-state index < -0.39 is 21.7 Å². The van der Waals surface area contributed by atoms with Gasteiger partial charge in [0.2, 0.25) is 5.95 Å². The minimum Gasteiger partial charge on any atom is -0.395 e. The monoisotopic (exact) mass is 648 g/mol. The largest absolute Gasteiger partial charge is 0.395 e. The summed E-state index contributed by atoms with van der Waals surface area (Å²) in [6.45, 7) is 1.68. The van der Waals surface area contributed by atoms with Crippen LogP contribution in [0.5, 0.6) is 0 Å². The number of sulfonamides is 1. The Morgan fingerprint density at radius 3 is 2.55 bits per heavy atom. The summed E-state index contributed by atoms with van der Waals surface area (Å²) in [4.78, 5) is 17.3. The maximum atomic E-state index is 16.1. The average Bonchev–Trinajstić information content (AvgIpc) is 3.41. The number of nitrogens with one attached hydrogen (secondary N) is 2. The zero-order valence-electron chi connectivity index (χ0n) is 21.6. The molecule has 0 amide bonds. The second kappa shape index (κ2) is 12.2. The van der Waals surface area contributed by atoms with Gasteiger partial charge in [-0.1, -0.05) is 35.3 Å². The van der Waals surface area contributed by atoms with Crippen LogP contribution in [0.3, 0.4) is 0 Å². The van der Waals surface area contributed by atoms with Crippen molar-refractivity contribution >= 4 is 56.2 Å². The molecule has 0 aliphatic heterocycles. The molecule has 42 heavy (non-hydrogen) atoms. The van der Waals surface area contributed by atoms with Crippen molar-refractivity contribution in [3.63, 3.8) is 0 Å². The van der Waals surface area contributed by atoms with Crippen molar-refractivity contribution in [3.8, 4) is 32.5 Å².